The summed E-state index contributed by atoms with van der Waals surface area (Å²) in [6, 6.07) is 15.5. The van der Waals surface area contributed by atoms with E-state index in [9.17, 15) is 14.3 Å². The number of carbonyl (C=O) groups excluding carboxylic acids is 1. The standard InChI is InChI=1S/C25H29FN2O5.ClH/c1-27-25(30)15-28(14-21-7-8-22(16-29)33-21)11-10-18-6-9-23(24(13-18)31-2)32-17-19-4-3-5-20(26)12-19;/h3-9,12-13,29H,10-11,14-17H2,1-2H3,(H,27,30);1H. The second-order valence-electron chi connectivity index (χ2n) is 7.56. The summed E-state index contributed by atoms with van der Waals surface area (Å²) < 4.78 is 30.2. The molecule has 34 heavy (non-hydrogen) atoms. The van der Waals surface area contributed by atoms with Gasteiger partial charge in [0.2, 0.25) is 5.91 Å². The number of methoxy groups -OCH3 is 1. The molecule has 3 rings (SSSR count). The maximum Gasteiger partial charge on any atom is 0.233 e. The zero-order chi connectivity index (χ0) is 23.6. The predicted octanol–water partition coefficient (Wildman–Crippen LogP) is 3.71. The molecule has 0 aliphatic carbocycles. The number of likely N-dealkylation sites (N-methyl/N-ethyl adjacent to an activating group) is 1. The number of nitrogens with one attached hydrogen (secondary N) is 1. The van der Waals surface area contributed by atoms with Crippen molar-refractivity contribution < 1.29 is 28.2 Å². The van der Waals surface area contributed by atoms with Gasteiger partial charge in [-0.15, -0.1) is 12.4 Å². The first kappa shape index (κ1) is 27.2. The summed E-state index contributed by atoms with van der Waals surface area (Å²) in [7, 11) is 3.17. The van der Waals surface area contributed by atoms with E-state index in [1.54, 1.807) is 38.4 Å². The molecule has 1 heterocycles. The van der Waals surface area contributed by atoms with Crippen molar-refractivity contribution in [1.29, 1.82) is 0 Å². The van der Waals surface area contributed by atoms with Crippen LogP contribution in [0.5, 0.6) is 11.5 Å². The van der Waals surface area contributed by atoms with Gasteiger partial charge in [-0.1, -0.05) is 18.2 Å². The van der Waals surface area contributed by atoms with Crippen molar-refractivity contribution in [2.75, 3.05) is 27.2 Å². The minimum Gasteiger partial charge on any atom is -0.493 e. The highest BCUT2D eigenvalue weighted by atomic mass is 35.5. The van der Waals surface area contributed by atoms with Crippen molar-refractivity contribution in [3.8, 4) is 11.5 Å². The largest absolute Gasteiger partial charge is 0.493 e. The highest BCUT2D eigenvalue weighted by Crippen LogP contribution is 2.29. The fraction of sp³-hybridized carbons (Fsp3) is 0.320. The van der Waals surface area contributed by atoms with Gasteiger partial charge in [0.05, 0.1) is 20.2 Å². The summed E-state index contributed by atoms with van der Waals surface area (Å²) in [6.07, 6.45) is 0.672. The Hall–Kier alpha value is -3.07. The molecule has 0 spiro atoms. The Morgan fingerprint density at radius 1 is 1.09 bits per heavy atom. The third-order valence-electron chi connectivity index (χ3n) is 5.13. The van der Waals surface area contributed by atoms with Crippen LogP contribution in [0, 0.1) is 5.82 Å². The number of amides is 1. The molecule has 0 aliphatic heterocycles. The van der Waals surface area contributed by atoms with Crippen LogP contribution in [0.4, 0.5) is 4.39 Å². The van der Waals surface area contributed by atoms with Crippen LogP contribution < -0.4 is 14.8 Å². The highest BCUT2D eigenvalue weighted by Gasteiger charge is 2.14. The molecular formula is C25H30ClFN2O5. The number of hydrogen-bond donors (Lipinski definition) is 2. The van der Waals surface area contributed by atoms with Crippen LogP contribution in [-0.2, 0) is 31.0 Å². The monoisotopic (exact) mass is 492 g/mol. The lowest BCUT2D eigenvalue weighted by Crippen LogP contribution is -2.36. The van der Waals surface area contributed by atoms with Crippen LogP contribution in [0.3, 0.4) is 0 Å². The van der Waals surface area contributed by atoms with Crippen LogP contribution in [0.2, 0.25) is 0 Å². The van der Waals surface area contributed by atoms with Gasteiger partial charge in [-0.25, -0.2) is 4.39 Å². The molecule has 0 radical (unpaired) electrons. The number of nitrogens with zero attached hydrogens (tertiary/aromatic N) is 1. The van der Waals surface area contributed by atoms with Crippen molar-refractivity contribution >= 4 is 18.3 Å². The quantitative estimate of drug-likeness (QED) is 0.401. The number of hydrogen-bond acceptors (Lipinski definition) is 6. The van der Waals surface area contributed by atoms with E-state index in [0.29, 0.717) is 42.5 Å². The minimum atomic E-state index is -0.304. The molecule has 0 bridgehead atoms. The number of furan rings is 1. The molecule has 1 amide bonds. The maximum atomic E-state index is 13.4. The van der Waals surface area contributed by atoms with Crippen molar-refractivity contribution in [3.05, 3.63) is 83.1 Å². The Balaban J connectivity index is 0.00000408. The Bertz CT molecular complexity index is 1060. The smallest absolute Gasteiger partial charge is 0.233 e. The molecule has 9 heteroatoms. The van der Waals surface area contributed by atoms with Crippen molar-refractivity contribution in [2.24, 2.45) is 0 Å². The summed E-state index contributed by atoms with van der Waals surface area (Å²) in [4.78, 5) is 13.9. The summed E-state index contributed by atoms with van der Waals surface area (Å²) in [5.74, 6) is 1.93. The Morgan fingerprint density at radius 3 is 2.56 bits per heavy atom. The molecule has 1 aromatic heterocycles. The average Bonchev–Trinajstić information content (AvgIpc) is 3.29. The van der Waals surface area contributed by atoms with Crippen molar-refractivity contribution in [2.45, 2.75) is 26.2 Å². The Morgan fingerprint density at radius 2 is 1.88 bits per heavy atom. The second-order valence-corrected chi connectivity index (χ2v) is 7.56. The number of halogens is 2. The number of rotatable bonds is 12. The van der Waals surface area contributed by atoms with Gasteiger partial charge in [0.15, 0.2) is 11.5 Å². The Kier molecular flexibility index (Phi) is 10.9. The summed E-state index contributed by atoms with van der Waals surface area (Å²) >= 11 is 0. The molecule has 0 aliphatic rings. The number of carbonyl (C=O) groups is 1. The van der Waals surface area contributed by atoms with Gasteiger partial charge >= 0.3 is 0 Å². The predicted molar refractivity (Wildman–Crippen MR) is 129 cm³/mol. The van der Waals surface area contributed by atoms with E-state index >= 15 is 0 Å². The lowest BCUT2D eigenvalue weighted by molar-refractivity contribution is -0.121. The van der Waals surface area contributed by atoms with Gasteiger partial charge in [-0.3, -0.25) is 9.69 Å². The number of ether oxygens (including phenoxy) is 2. The molecule has 2 aromatic carbocycles. The fourth-order valence-corrected chi connectivity index (χ4v) is 3.37. The third-order valence-corrected chi connectivity index (χ3v) is 5.13. The molecule has 7 nitrogen and oxygen atoms in total. The SMILES string of the molecule is CNC(=O)CN(CCc1ccc(OCc2cccc(F)c2)c(OC)c1)Cc1ccc(CO)o1.Cl. The summed E-state index contributed by atoms with van der Waals surface area (Å²) in [5, 5.41) is 11.8. The van der Waals surface area contributed by atoms with Crippen LogP contribution in [0.25, 0.3) is 0 Å². The van der Waals surface area contributed by atoms with E-state index in [2.05, 4.69) is 5.32 Å². The van der Waals surface area contributed by atoms with Gasteiger partial charge in [-0.05, 0) is 53.9 Å². The molecule has 2 N–H and O–H groups in total. The van der Waals surface area contributed by atoms with E-state index in [1.807, 2.05) is 23.1 Å². The van der Waals surface area contributed by atoms with E-state index in [1.165, 1.54) is 12.1 Å². The zero-order valence-corrected chi connectivity index (χ0v) is 20.1. The van der Waals surface area contributed by atoms with Gasteiger partial charge in [0.25, 0.3) is 0 Å². The van der Waals surface area contributed by atoms with Gasteiger partial charge in [-0.2, -0.15) is 0 Å². The molecular weight excluding hydrogens is 463 g/mol. The van der Waals surface area contributed by atoms with Crippen LogP contribution in [0.1, 0.15) is 22.6 Å². The molecule has 184 valence electrons. The first-order valence-corrected chi connectivity index (χ1v) is 10.7. The number of aliphatic hydroxyl groups excluding tert-OH is 1. The van der Waals surface area contributed by atoms with E-state index in [0.717, 1.165) is 11.1 Å². The second kappa shape index (κ2) is 13.6. The zero-order valence-electron chi connectivity index (χ0n) is 19.3. The van der Waals surface area contributed by atoms with Crippen LogP contribution in [-0.4, -0.2) is 43.2 Å². The van der Waals surface area contributed by atoms with Crippen molar-refractivity contribution in [3.63, 3.8) is 0 Å². The Labute approximate surface area is 204 Å². The van der Waals surface area contributed by atoms with Crippen LogP contribution >= 0.6 is 12.4 Å². The summed E-state index contributed by atoms with van der Waals surface area (Å²) in [6.45, 7) is 1.33. The average molecular weight is 493 g/mol. The first-order chi connectivity index (χ1) is 16.0. The molecule has 0 unspecified atom stereocenters. The van der Waals surface area contributed by atoms with E-state index in [4.69, 9.17) is 13.9 Å². The molecule has 0 atom stereocenters. The molecule has 0 saturated carbocycles. The molecule has 0 saturated heterocycles. The normalized spacial score (nSPS) is 10.6. The topological polar surface area (TPSA) is 84.2 Å². The van der Waals surface area contributed by atoms with Gasteiger partial charge < -0.3 is 24.3 Å². The number of aliphatic hydroxyl groups is 1. The van der Waals surface area contributed by atoms with Gasteiger partial charge in [0, 0.05) is 13.6 Å². The summed E-state index contributed by atoms with van der Waals surface area (Å²) in [5.41, 5.74) is 1.75. The lowest BCUT2D eigenvalue weighted by Gasteiger charge is -2.20. The first-order valence-electron chi connectivity index (χ1n) is 10.7. The number of benzene rings is 2. The molecule has 3 aromatic rings. The minimum absolute atomic E-state index is 0. The third kappa shape index (κ3) is 8.06. The maximum absolute atomic E-state index is 13.4. The molecule has 0 fully saturated rings. The fourth-order valence-electron chi connectivity index (χ4n) is 3.37. The highest BCUT2D eigenvalue weighted by molar-refractivity contribution is 5.85. The van der Waals surface area contributed by atoms with E-state index in [-0.39, 0.29) is 43.9 Å². The van der Waals surface area contributed by atoms with Gasteiger partial charge in [0.1, 0.15) is 30.6 Å². The van der Waals surface area contributed by atoms with Crippen molar-refractivity contribution in [1.82, 2.24) is 10.2 Å². The van der Waals surface area contributed by atoms with E-state index < -0.39 is 0 Å². The lowest BCUT2D eigenvalue weighted by atomic mass is 10.1. The van der Waals surface area contributed by atoms with Crippen LogP contribution in [0.15, 0.2) is 59.0 Å².